The predicted molar refractivity (Wildman–Crippen MR) is 138 cm³/mol. The van der Waals surface area contributed by atoms with Gasteiger partial charge in [-0.25, -0.2) is 19.1 Å². The van der Waals surface area contributed by atoms with Crippen LogP contribution in [0, 0.1) is 6.92 Å². The number of pyridine rings is 1. The summed E-state index contributed by atoms with van der Waals surface area (Å²) in [7, 11) is -0.454. The Kier molecular flexibility index (Phi) is 10.8. The molecular formula is C25H29F3N4O7S. The number of nitrogens with zero attached hydrogens (tertiary/aromatic N) is 4. The van der Waals surface area contributed by atoms with E-state index in [-0.39, 0.29) is 54.3 Å². The van der Waals surface area contributed by atoms with Gasteiger partial charge in [0.05, 0.1) is 46.4 Å². The Morgan fingerprint density at radius 1 is 1.10 bits per heavy atom. The summed E-state index contributed by atoms with van der Waals surface area (Å²) < 4.78 is 72.3. The van der Waals surface area contributed by atoms with E-state index in [1.165, 1.54) is 35.7 Å². The number of hydrogen-bond donors (Lipinski definition) is 0. The number of carbonyl (C=O) groups is 2. The topological polar surface area (TPSA) is 122 Å². The van der Waals surface area contributed by atoms with Crippen molar-refractivity contribution in [2.45, 2.75) is 30.9 Å². The van der Waals surface area contributed by atoms with Crippen molar-refractivity contribution < 1.29 is 45.9 Å². The second-order valence-electron chi connectivity index (χ2n) is 8.34. The van der Waals surface area contributed by atoms with Crippen molar-refractivity contribution in [3.05, 3.63) is 47.8 Å². The van der Waals surface area contributed by atoms with Crippen LogP contribution in [0.2, 0.25) is 0 Å². The number of imidazole rings is 1. The Morgan fingerprint density at radius 2 is 1.82 bits per heavy atom. The number of likely N-dealkylation sites (N-methyl/N-ethyl adjacent to an activating group) is 1. The lowest BCUT2D eigenvalue weighted by Crippen LogP contribution is -2.35. The standard InChI is InChI=1S/C25H29F3N4O7S/c1-4-36-13-14-38-24(34)37-12-11-31(3)23(33)32-20-8-6-5-7-18(20)30-22(32)40(35)15-19-17(2)21(9-10-29-19)39-16-25(26,27)28/h5-10H,4,11-16H2,1-3H3/t40-/m1/s1. The molecule has 0 saturated heterocycles. The number of aromatic nitrogens is 3. The molecule has 1 amide bonds. The summed E-state index contributed by atoms with van der Waals surface area (Å²) in [6.07, 6.45) is -4.17. The number of ether oxygens (including phenoxy) is 4. The highest BCUT2D eigenvalue weighted by Crippen LogP contribution is 2.26. The molecular weight excluding hydrogens is 557 g/mol. The molecule has 0 radical (unpaired) electrons. The van der Waals surface area contributed by atoms with Crippen LogP contribution in [0.15, 0.2) is 41.7 Å². The van der Waals surface area contributed by atoms with Crippen molar-refractivity contribution in [2.24, 2.45) is 0 Å². The van der Waals surface area contributed by atoms with Gasteiger partial charge in [-0.1, -0.05) is 12.1 Å². The number of rotatable bonds is 12. The van der Waals surface area contributed by atoms with Crippen LogP contribution >= 0.6 is 0 Å². The van der Waals surface area contributed by atoms with Gasteiger partial charge in [-0.3, -0.25) is 9.19 Å². The summed E-state index contributed by atoms with van der Waals surface area (Å²) in [5.41, 5.74) is 1.32. The molecule has 15 heteroatoms. The highest BCUT2D eigenvalue weighted by molar-refractivity contribution is 7.84. The first kappa shape index (κ1) is 30.8. The lowest BCUT2D eigenvalue weighted by molar-refractivity contribution is -0.153. The van der Waals surface area contributed by atoms with Crippen LogP contribution in [0.5, 0.6) is 5.75 Å². The lowest BCUT2D eigenvalue weighted by atomic mass is 10.2. The second kappa shape index (κ2) is 14.1. The molecule has 0 spiro atoms. The van der Waals surface area contributed by atoms with Gasteiger partial charge in [0.25, 0.3) is 0 Å². The molecule has 0 fully saturated rings. The molecule has 2 aromatic heterocycles. The van der Waals surface area contributed by atoms with Crippen molar-refractivity contribution in [3.63, 3.8) is 0 Å². The molecule has 1 aromatic carbocycles. The van der Waals surface area contributed by atoms with E-state index in [0.717, 1.165) is 0 Å². The van der Waals surface area contributed by atoms with E-state index in [4.69, 9.17) is 18.9 Å². The molecule has 0 aliphatic rings. The molecule has 40 heavy (non-hydrogen) atoms. The van der Waals surface area contributed by atoms with E-state index in [9.17, 15) is 27.0 Å². The fourth-order valence-electron chi connectivity index (χ4n) is 3.45. The van der Waals surface area contributed by atoms with Crippen molar-refractivity contribution in [1.82, 2.24) is 19.4 Å². The number of amides is 1. The maximum Gasteiger partial charge on any atom is 0.508 e. The van der Waals surface area contributed by atoms with E-state index < -0.39 is 35.8 Å². The Hall–Kier alpha value is -3.72. The Balaban J connectivity index is 1.75. The maximum atomic E-state index is 13.5. The summed E-state index contributed by atoms with van der Waals surface area (Å²) >= 11 is 0. The molecule has 3 rings (SSSR count). The van der Waals surface area contributed by atoms with Crippen molar-refractivity contribution in [1.29, 1.82) is 0 Å². The zero-order valence-electron chi connectivity index (χ0n) is 22.1. The van der Waals surface area contributed by atoms with Gasteiger partial charge in [0.15, 0.2) is 6.61 Å². The number of hydrogen-bond acceptors (Lipinski definition) is 9. The molecule has 0 bridgehead atoms. The van der Waals surface area contributed by atoms with Gasteiger partial charge in [-0.15, -0.1) is 0 Å². The third-order valence-corrected chi connectivity index (χ3v) is 6.68. The summed E-state index contributed by atoms with van der Waals surface area (Å²) in [5.74, 6) is -0.272. The van der Waals surface area contributed by atoms with Crippen LogP contribution in [0.25, 0.3) is 11.0 Å². The average Bonchev–Trinajstić information content (AvgIpc) is 3.30. The first-order valence-corrected chi connectivity index (χ1v) is 13.5. The van der Waals surface area contributed by atoms with Crippen molar-refractivity contribution in [2.75, 3.05) is 46.6 Å². The predicted octanol–water partition coefficient (Wildman–Crippen LogP) is 4.08. The maximum absolute atomic E-state index is 13.5. The first-order valence-electron chi connectivity index (χ1n) is 12.1. The van der Waals surface area contributed by atoms with Gasteiger partial charge in [0.1, 0.15) is 19.0 Å². The smallest absolute Gasteiger partial charge is 0.484 e. The third kappa shape index (κ3) is 8.39. The molecule has 11 nitrogen and oxygen atoms in total. The molecule has 0 aliphatic carbocycles. The zero-order chi connectivity index (χ0) is 29.3. The van der Waals surface area contributed by atoms with E-state index in [1.54, 1.807) is 24.3 Å². The quantitative estimate of drug-likeness (QED) is 0.228. The van der Waals surface area contributed by atoms with Crippen LogP contribution in [0.4, 0.5) is 22.8 Å². The second-order valence-corrected chi connectivity index (χ2v) is 9.69. The fourth-order valence-corrected chi connectivity index (χ4v) is 4.70. The number of alkyl halides is 3. The lowest BCUT2D eigenvalue weighted by Gasteiger charge is -2.19. The number of benzene rings is 1. The van der Waals surface area contributed by atoms with Crippen LogP contribution in [-0.2, 0) is 30.8 Å². The van der Waals surface area contributed by atoms with Crippen LogP contribution in [-0.4, -0.2) is 88.6 Å². The summed E-state index contributed by atoms with van der Waals surface area (Å²) in [5, 5.41) is -0.0721. The normalized spacial score (nSPS) is 12.2. The molecule has 0 N–H and O–H groups in total. The molecule has 0 aliphatic heterocycles. The molecule has 3 aromatic rings. The van der Waals surface area contributed by atoms with Gasteiger partial charge in [0, 0.05) is 25.4 Å². The summed E-state index contributed by atoms with van der Waals surface area (Å²) in [6, 6.07) is 7.38. The van der Waals surface area contributed by atoms with E-state index in [1.807, 2.05) is 6.92 Å². The SMILES string of the molecule is CCOCCOC(=O)OCCN(C)C(=O)n1c([S@](=O)Cc2nccc(OCC(F)(F)F)c2C)nc2ccccc21. The Bertz CT molecular complexity index is 1350. The van der Waals surface area contributed by atoms with Gasteiger partial charge in [-0.2, -0.15) is 13.2 Å². The molecule has 218 valence electrons. The fraction of sp³-hybridized carbons (Fsp3) is 0.440. The number of carbonyl (C=O) groups excluding carboxylic acids is 2. The number of fused-ring (bicyclic) bond motifs is 1. The number of para-hydroxylation sites is 2. The zero-order valence-corrected chi connectivity index (χ0v) is 22.9. The first-order chi connectivity index (χ1) is 19.0. The highest BCUT2D eigenvalue weighted by Gasteiger charge is 2.29. The minimum Gasteiger partial charge on any atom is -0.484 e. The molecule has 0 saturated carbocycles. The van der Waals surface area contributed by atoms with Gasteiger partial charge in [-0.05, 0) is 32.0 Å². The third-order valence-electron chi connectivity index (χ3n) is 5.47. The molecule has 0 unspecified atom stereocenters. The Labute approximate surface area is 230 Å². The van der Waals surface area contributed by atoms with Gasteiger partial charge in [0.2, 0.25) is 5.16 Å². The van der Waals surface area contributed by atoms with Crippen LogP contribution in [0.3, 0.4) is 0 Å². The minimum atomic E-state index is -4.52. The molecule has 1 atom stereocenters. The van der Waals surface area contributed by atoms with Crippen LogP contribution in [0.1, 0.15) is 18.2 Å². The minimum absolute atomic E-state index is 0.00275. The largest absolute Gasteiger partial charge is 0.508 e. The summed E-state index contributed by atoms with van der Waals surface area (Å²) in [6.45, 7) is 2.43. The van der Waals surface area contributed by atoms with Gasteiger partial charge >= 0.3 is 18.4 Å². The average molecular weight is 587 g/mol. The number of halogens is 3. The van der Waals surface area contributed by atoms with Gasteiger partial charge < -0.3 is 23.8 Å². The monoisotopic (exact) mass is 586 g/mol. The van der Waals surface area contributed by atoms with Crippen LogP contribution < -0.4 is 4.74 Å². The van der Waals surface area contributed by atoms with Crippen molar-refractivity contribution >= 4 is 34.0 Å². The Morgan fingerprint density at radius 3 is 2.55 bits per heavy atom. The van der Waals surface area contributed by atoms with E-state index in [0.29, 0.717) is 17.6 Å². The van der Waals surface area contributed by atoms with E-state index >= 15 is 0 Å². The van der Waals surface area contributed by atoms with E-state index in [2.05, 4.69) is 9.97 Å². The highest BCUT2D eigenvalue weighted by atomic mass is 32.2. The molecule has 2 heterocycles. The van der Waals surface area contributed by atoms with Crippen molar-refractivity contribution in [3.8, 4) is 5.75 Å². The summed E-state index contributed by atoms with van der Waals surface area (Å²) in [4.78, 5) is 34.9.